The number of carboxylic acids is 1. The summed E-state index contributed by atoms with van der Waals surface area (Å²) < 4.78 is 43.9. The summed E-state index contributed by atoms with van der Waals surface area (Å²) in [5.41, 5.74) is -3.48. The molecule has 1 amide bonds. The van der Waals surface area contributed by atoms with Gasteiger partial charge in [0.05, 0.1) is 28.2 Å². The summed E-state index contributed by atoms with van der Waals surface area (Å²) in [4.78, 5) is 40.7. The number of nitrogens with zero attached hydrogens (tertiary/aromatic N) is 3. The normalized spacial score (nSPS) is 20.4. The zero-order chi connectivity index (χ0) is 28.6. The molecule has 1 aliphatic rings. The number of carbonyl (C=O) groups is 2. The van der Waals surface area contributed by atoms with Crippen LogP contribution in [0.25, 0.3) is 0 Å². The highest BCUT2D eigenvalue weighted by atomic mass is 35.5. The first-order chi connectivity index (χ1) is 17.4. The molecule has 2 aromatic rings. The van der Waals surface area contributed by atoms with Gasteiger partial charge in [-0.05, 0) is 50.0 Å². The van der Waals surface area contributed by atoms with Gasteiger partial charge in [-0.1, -0.05) is 44.0 Å². The number of pyridine rings is 1. The maximum Gasteiger partial charge on any atom is 0.433 e. The Hall–Kier alpha value is -2.53. The van der Waals surface area contributed by atoms with Crippen molar-refractivity contribution < 1.29 is 27.9 Å². The minimum absolute atomic E-state index is 0.0398. The second-order valence-corrected chi connectivity index (χ2v) is 12.0. The zero-order valence-electron chi connectivity index (χ0n) is 21.6. The van der Waals surface area contributed by atoms with Gasteiger partial charge in [0, 0.05) is 19.3 Å². The Balaban J connectivity index is 1.95. The average Bonchev–Trinajstić information content (AvgIpc) is 3.26. The molecule has 13 heteroatoms. The molecule has 2 aromatic heterocycles. The Morgan fingerprint density at radius 2 is 1.84 bits per heavy atom. The molecule has 1 aliphatic carbocycles. The molecule has 210 valence electrons. The van der Waals surface area contributed by atoms with Crippen LogP contribution < -0.4 is 5.56 Å². The first-order valence-corrected chi connectivity index (χ1v) is 12.9. The molecule has 0 radical (unpaired) electrons. The number of carboxylic acid groups (broad SMARTS) is 1. The highest BCUT2D eigenvalue weighted by Crippen LogP contribution is 2.43. The van der Waals surface area contributed by atoms with Crippen molar-refractivity contribution in [1.29, 1.82) is 0 Å². The molecule has 38 heavy (non-hydrogen) atoms. The maximum absolute atomic E-state index is 14.3. The van der Waals surface area contributed by atoms with Crippen LogP contribution in [0.4, 0.5) is 13.2 Å². The summed E-state index contributed by atoms with van der Waals surface area (Å²) >= 11 is 12.3. The molecule has 1 saturated carbocycles. The van der Waals surface area contributed by atoms with Crippen molar-refractivity contribution in [2.45, 2.75) is 72.0 Å². The molecule has 0 aromatic carbocycles. The Bertz CT molecular complexity index is 1260. The number of hydrogen-bond acceptors (Lipinski definition) is 4. The molecule has 1 fully saturated rings. The van der Waals surface area contributed by atoms with Crippen molar-refractivity contribution in [2.75, 3.05) is 13.1 Å². The molecule has 0 atom stereocenters. The van der Waals surface area contributed by atoms with Gasteiger partial charge in [0.1, 0.15) is 5.02 Å². The fourth-order valence-corrected chi connectivity index (χ4v) is 5.31. The van der Waals surface area contributed by atoms with Gasteiger partial charge in [0.15, 0.2) is 5.69 Å². The fourth-order valence-electron chi connectivity index (χ4n) is 4.77. The third-order valence-corrected chi connectivity index (χ3v) is 7.62. The largest absolute Gasteiger partial charge is 0.481 e. The van der Waals surface area contributed by atoms with Crippen LogP contribution in [0, 0.1) is 10.8 Å². The predicted molar refractivity (Wildman–Crippen MR) is 137 cm³/mol. The van der Waals surface area contributed by atoms with E-state index in [0.717, 1.165) is 10.9 Å². The number of nitrogens with one attached hydrogen (secondary N) is 1. The Labute approximate surface area is 228 Å². The minimum Gasteiger partial charge on any atom is -0.481 e. The van der Waals surface area contributed by atoms with Crippen LogP contribution in [0.15, 0.2) is 17.2 Å². The Morgan fingerprint density at radius 3 is 2.37 bits per heavy atom. The zero-order valence-corrected chi connectivity index (χ0v) is 23.1. The van der Waals surface area contributed by atoms with Crippen molar-refractivity contribution in [3.63, 3.8) is 0 Å². The Morgan fingerprint density at radius 1 is 1.24 bits per heavy atom. The lowest BCUT2D eigenvalue weighted by atomic mass is 9.74. The molecule has 0 bridgehead atoms. The lowest BCUT2D eigenvalue weighted by Gasteiger charge is -2.34. The number of amides is 1. The molecular formula is C25H31Cl2F3N4O4. The van der Waals surface area contributed by atoms with Crippen LogP contribution in [-0.2, 0) is 17.4 Å². The third-order valence-electron chi connectivity index (χ3n) is 6.88. The highest BCUT2D eigenvalue weighted by molar-refractivity contribution is 6.35. The van der Waals surface area contributed by atoms with Gasteiger partial charge in [0.2, 0.25) is 0 Å². The van der Waals surface area contributed by atoms with Gasteiger partial charge in [0.25, 0.3) is 11.5 Å². The highest BCUT2D eigenvalue weighted by Gasteiger charge is 2.45. The van der Waals surface area contributed by atoms with Crippen molar-refractivity contribution in [1.82, 2.24) is 19.7 Å². The van der Waals surface area contributed by atoms with Gasteiger partial charge >= 0.3 is 12.1 Å². The van der Waals surface area contributed by atoms with Crippen LogP contribution in [0.3, 0.4) is 0 Å². The van der Waals surface area contributed by atoms with Crippen LogP contribution in [-0.4, -0.2) is 49.7 Å². The van der Waals surface area contributed by atoms with Gasteiger partial charge < -0.3 is 15.0 Å². The molecule has 2 N–H and O–H groups in total. The van der Waals surface area contributed by atoms with Gasteiger partial charge in [-0.15, -0.1) is 0 Å². The number of hydrogen-bond donors (Lipinski definition) is 2. The second kappa shape index (κ2) is 10.9. The summed E-state index contributed by atoms with van der Waals surface area (Å²) in [5.74, 6) is -1.84. The van der Waals surface area contributed by atoms with E-state index in [2.05, 4.69) is 10.1 Å². The van der Waals surface area contributed by atoms with E-state index in [1.54, 1.807) is 6.92 Å². The summed E-state index contributed by atoms with van der Waals surface area (Å²) in [6.07, 6.45) is -1.86. The van der Waals surface area contributed by atoms with E-state index >= 15 is 0 Å². The van der Waals surface area contributed by atoms with E-state index in [1.807, 2.05) is 20.8 Å². The number of aromatic amines is 1. The SMILES string of the molecule is CC(C)(C)CN(CCc1c(Cl)c[nH]c(=O)c1Cl)C(=O)c1cnn([C@H]2CC[C@](C)(C(=O)O)CC2)c1C(F)(F)F. The monoisotopic (exact) mass is 578 g/mol. The van der Waals surface area contributed by atoms with E-state index in [0.29, 0.717) is 5.56 Å². The average molecular weight is 579 g/mol. The second-order valence-electron chi connectivity index (χ2n) is 11.2. The number of aliphatic carboxylic acids is 1. The predicted octanol–water partition coefficient (Wildman–Crippen LogP) is 5.83. The third kappa shape index (κ3) is 6.54. The number of alkyl halides is 3. The van der Waals surface area contributed by atoms with E-state index in [1.165, 1.54) is 11.1 Å². The van der Waals surface area contributed by atoms with Crippen molar-refractivity contribution >= 4 is 35.1 Å². The van der Waals surface area contributed by atoms with E-state index in [9.17, 15) is 32.7 Å². The maximum atomic E-state index is 14.3. The summed E-state index contributed by atoms with van der Waals surface area (Å²) in [6.45, 7) is 7.19. The Kier molecular flexibility index (Phi) is 8.62. The van der Waals surface area contributed by atoms with Crippen molar-refractivity contribution in [2.24, 2.45) is 10.8 Å². The lowest BCUT2D eigenvalue weighted by Crippen LogP contribution is -2.40. The quantitative estimate of drug-likeness (QED) is 0.429. The van der Waals surface area contributed by atoms with Crippen LogP contribution in [0.2, 0.25) is 10.0 Å². The summed E-state index contributed by atoms with van der Waals surface area (Å²) in [6, 6.07) is -0.690. The van der Waals surface area contributed by atoms with Crippen molar-refractivity contribution in [3.05, 3.63) is 49.6 Å². The van der Waals surface area contributed by atoms with E-state index in [4.69, 9.17) is 23.2 Å². The van der Waals surface area contributed by atoms with Gasteiger partial charge in [-0.3, -0.25) is 19.1 Å². The van der Waals surface area contributed by atoms with Crippen LogP contribution in [0.1, 0.15) is 81.0 Å². The molecule has 0 unspecified atom stereocenters. The molecule has 8 nitrogen and oxygen atoms in total. The molecule has 0 spiro atoms. The summed E-state index contributed by atoms with van der Waals surface area (Å²) in [5, 5.41) is 13.5. The molecule has 0 saturated heterocycles. The molecule has 2 heterocycles. The topological polar surface area (TPSA) is 108 Å². The minimum atomic E-state index is -4.87. The smallest absolute Gasteiger partial charge is 0.433 e. The van der Waals surface area contributed by atoms with E-state index < -0.39 is 51.7 Å². The fraction of sp³-hybridized carbons (Fsp3) is 0.600. The van der Waals surface area contributed by atoms with Crippen molar-refractivity contribution in [3.8, 4) is 0 Å². The first kappa shape index (κ1) is 30.0. The first-order valence-electron chi connectivity index (χ1n) is 12.2. The molecule has 3 rings (SSSR count). The van der Waals surface area contributed by atoms with Gasteiger partial charge in [-0.25, -0.2) is 0 Å². The lowest BCUT2D eigenvalue weighted by molar-refractivity contribution is -0.152. The van der Waals surface area contributed by atoms with Crippen LogP contribution in [0.5, 0.6) is 0 Å². The number of aromatic nitrogens is 3. The van der Waals surface area contributed by atoms with E-state index in [-0.39, 0.29) is 55.2 Å². The number of halogens is 5. The number of carbonyl (C=O) groups excluding carboxylic acids is 1. The summed E-state index contributed by atoms with van der Waals surface area (Å²) in [7, 11) is 0. The van der Waals surface area contributed by atoms with Crippen LogP contribution >= 0.6 is 23.2 Å². The van der Waals surface area contributed by atoms with Gasteiger partial charge in [-0.2, -0.15) is 18.3 Å². The number of H-pyrrole nitrogens is 1. The number of rotatable bonds is 7. The molecule has 0 aliphatic heterocycles. The molecular weight excluding hydrogens is 548 g/mol. The standard InChI is InChI=1S/C25H31Cl2F3N4O4/c1-23(2,3)13-33(10-7-15-17(26)12-31-20(35)18(15)27)21(36)16-11-32-34(19(16)25(28,29)30)14-5-8-24(4,9-6-14)22(37)38/h11-12,14H,5-10,13H2,1-4H3,(H,31,35)(H,37,38)/t14-,24-.